The van der Waals surface area contributed by atoms with E-state index >= 15 is 0 Å². The van der Waals surface area contributed by atoms with Crippen molar-refractivity contribution in [1.82, 2.24) is 10.6 Å². The number of hydrogen-bond acceptors (Lipinski definition) is 6. The van der Waals surface area contributed by atoms with E-state index in [1.54, 1.807) is 0 Å². The van der Waals surface area contributed by atoms with Crippen LogP contribution in [0.25, 0.3) is 0 Å². The third kappa shape index (κ3) is 9.15. The number of halogens is 3. The highest BCUT2D eigenvalue weighted by Gasteiger charge is 2.41. The van der Waals surface area contributed by atoms with E-state index in [1.165, 1.54) is 6.92 Å². The van der Waals surface area contributed by atoms with Gasteiger partial charge in [-0.3, -0.25) is 14.9 Å². The van der Waals surface area contributed by atoms with Gasteiger partial charge in [-0.25, -0.2) is 4.79 Å². The molecular formula is C16H25F3N2O7. The Balaban J connectivity index is 0.000000887. The van der Waals surface area contributed by atoms with Crippen LogP contribution in [0.1, 0.15) is 26.7 Å². The fourth-order valence-electron chi connectivity index (χ4n) is 2.80. The van der Waals surface area contributed by atoms with Crippen molar-refractivity contribution >= 4 is 17.8 Å². The van der Waals surface area contributed by atoms with Gasteiger partial charge in [0.15, 0.2) is 0 Å². The topological polar surface area (TPSA) is 156 Å². The van der Waals surface area contributed by atoms with E-state index < -0.39 is 42.9 Å². The van der Waals surface area contributed by atoms with Crippen LogP contribution in [0.5, 0.6) is 0 Å². The Morgan fingerprint density at radius 1 is 1.29 bits per heavy atom. The van der Waals surface area contributed by atoms with Crippen LogP contribution < -0.4 is 10.6 Å². The molecular weight excluding hydrogens is 389 g/mol. The standard InChI is InChI=1S/C14H24N2O5.C2HF3O2/c1-3-4-9-5-12(14(20)21)16-13(9)11(15-8(2)18)6-10(19)7-17;3-2(4,5)1(6)7/h3-4,9-13,16-17,19H,5-7H2,1-2H3,(H,15,18)(H,20,21);(H,6,7)/b4-3-;/t9-,10+,11+,12-,13-;/m1./s1. The van der Waals surface area contributed by atoms with Crippen molar-refractivity contribution in [2.75, 3.05) is 6.61 Å². The van der Waals surface area contributed by atoms with E-state index in [2.05, 4.69) is 10.6 Å². The van der Waals surface area contributed by atoms with Gasteiger partial charge in [-0.1, -0.05) is 12.2 Å². The minimum atomic E-state index is -5.08. The number of carboxylic acids is 2. The summed E-state index contributed by atoms with van der Waals surface area (Å²) in [6.45, 7) is 2.81. The normalized spacial score (nSPS) is 24.2. The molecule has 12 heteroatoms. The van der Waals surface area contributed by atoms with Crippen LogP contribution in [0.15, 0.2) is 12.2 Å². The van der Waals surface area contributed by atoms with Gasteiger partial charge < -0.3 is 25.7 Å². The molecule has 0 aliphatic carbocycles. The number of carbonyl (C=O) groups excluding carboxylic acids is 1. The lowest BCUT2D eigenvalue weighted by atomic mass is 9.90. The Kier molecular flexibility index (Phi) is 10.7. The van der Waals surface area contributed by atoms with E-state index in [1.807, 2.05) is 19.1 Å². The summed E-state index contributed by atoms with van der Waals surface area (Å²) in [5, 5.41) is 40.6. The van der Waals surface area contributed by atoms with Crippen LogP contribution in [0.3, 0.4) is 0 Å². The second-order valence-corrected chi connectivity index (χ2v) is 6.19. The van der Waals surface area contributed by atoms with Crippen molar-refractivity contribution in [2.24, 2.45) is 5.92 Å². The zero-order valence-corrected chi connectivity index (χ0v) is 15.3. The fraction of sp³-hybridized carbons (Fsp3) is 0.688. The lowest BCUT2D eigenvalue weighted by molar-refractivity contribution is -0.192. The highest BCUT2D eigenvalue weighted by Crippen LogP contribution is 2.26. The molecule has 0 saturated carbocycles. The molecule has 1 amide bonds. The first-order chi connectivity index (χ1) is 12.8. The summed E-state index contributed by atoms with van der Waals surface area (Å²) in [6, 6.07) is -1.43. The third-order valence-corrected chi connectivity index (χ3v) is 3.90. The number of amides is 1. The number of rotatable bonds is 7. The van der Waals surface area contributed by atoms with Crippen molar-refractivity contribution in [3.63, 3.8) is 0 Å². The zero-order chi connectivity index (χ0) is 22.1. The highest BCUT2D eigenvalue weighted by molar-refractivity contribution is 5.75. The predicted octanol–water partition coefficient (Wildman–Crippen LogP) is -0.125. The Hall–Kier alpha value is -2.18. The van der Waals surface area contributed by atoms with E-state index in [0.29, 0.717) is 6.42 Å². The van der Waals surface area contributed by atoms with Gasteiger partial charge in [0.2, 0.25) is 5.91 Å². The van der Waals surface area contributed by atoms with Gasteiger partial charge in [0.1, 0.15) is 6.04 Å². The number of aliphatic carboxylic acids is 2. The van der Waals surface area contributed by atoms with Crippen LogP contribution >= 0.6 is 0 Å². The van der Waals surface area contributed by atoms with Crippen LogP contribution in [-0.4, -0.2) is 75.3 Å². The third-order valence-electron chi connectivity index (χ3n) is 3.90. The lowest BCUT2D eigenvalue weighted by Crippen LogP contribution is -2.52. The first kappa shape index (κ1) is 25.8. The molecule has 0 bridgehead atoms. The Morgan fingerprint density at radius 2 is 1.82 bits per heavy atom. The maximum absolute atomic E-state index is 11.3. The van der Waals surface area contributed by atoms with Crippen molar-refractivity contribution in [3.8, 4) is 0 Å². The minimum absolute atomic E-state index is 0.0566. The molecule has 5 atom stereocenters. The molecule has 1 aliphatic rings. The number of aliphatic hydroxyl groups is 2. The summed E-state index contributed by atoms with van der Waals surface area (Å²) < 4.78 is 31.7. The average molecular weight is 414 g/mol. The van der Waals surface area contributed by atoms with Crippen LogP contribution in [0, 0.1) is 5.92 Å². The van der Waals surface area contributed by atoms with Gasteiger partial charge in [-0.05, 0) is 25.7 Å². The van der Waals surface area contributed by atoms with Crippen LogP contribution in [-0.2, 0) is 14.4 Å². The molecule has 1 fully saturated rings. The van der Waals surface area contributed by atoms with Gasteiger partial charge in [0, 0.05) is 19.0 Å². The number of carbonyl (C=O) groups is 3. The fourth-order valence-corrected chi connectivity index (χ4v) is 2.80. The maximum Gasteiger partial charge on any atom is 0.490 e. The molecule has 0 radical (unpaired) electrons. The molecule has 0 unspecified atom stereocenters. The molecule has 1 aliphatic heterocycles. The summed E-state index contributed by atoms with van der Waals surface area (Å²) in [5.74, 6) is -4.01. The van der Waals surface area contributed by atoms with E-state index in [-0.39, 0.29) is 24.3 Å². The van der Waals surface area contributed by atoms with Gasteiger partial charge in [0.25, 0.3) is 0 Å². The van der Waals surface area contributed by atoms with Gasteiger partial charge in [-0.2, -0.15) is 13.2 Å². The Bertz CT molecular complexity index is 569. The molecule has 0 aromatic carbocycles. The van der Waals surface area contributed by atoms with Crippen LogP contribution in [0.2, 0.25) is 0 Å². The number of nitrogens with one attached hydrogen (secondary N) is 2. The smallest absolute Gasteiger partial charge is 0.480 e. The monoisotopic (exact) mass is 414 g/mol. The largest absolute Gasteiger partial charge is 0.490 e. The molecule has 0 aromatic heterocycles. The maximum atomic E-state index is 11.3. The molecule has 9 nitrogen and oxygen atoms in total. The molecule has 162 valence electrons. The zero-order valence-electron chi connectivity index (χ0n) is 15.3. The summed E-state index contributed by atoms with van der Waals surface area (Å²) in [6.07, 6.45) is -1.71. The molecule has 28 heavy (non-hydrogen) atoms. The van der Waals surface area contributed by atoms with Crippen molar-refractivity contribution in [2.45, 2.75) is 57.1 Å². The summed E-state index contributed by atoms with van der Waals surface area (Å²) in [5.41, 5.74) is 0. The second-order valence-electron chi connectivity index (χ2n) is 6.19. The SMILES string of the molecule is C/C=C\[C@@H]1C[C@H](C(=O)O)N[C@H]1[C@H](C[C@H](O)CO)NC(C)=O.O=C(O)C(F)(F)F. The molecule has 0 aromatic rings. The first-order valence-electron chi connectivity index (χ1n) is 8.31. The molecule has 1 saturated heterocycles. The number of allylic oxidation sites excluding steroid dienone is 1. The minimum Gasteiger partial charge on any atom is -0.480 e. The number of hydrogen-bond donors (Lipinski definition) is 6. The van der Waals surface area contributed by atoms with E-state index in [9.17, 15) is 27.9 Å². The first-order valence-corrected chi connectivity index (χ1v) is 8.31. The van der Waals surface area contributed by atoms with Gasteiger partial charge in [0.05, 0.1) is 12.7 Å². The number of carboxylic acid groups (broad SMARTS) is 2. The van der Waals surface area contributed by atoms with E-state index in [0.717, 1.165) is 0 Å². The second kappa shape index (κ2) is 11.6. The van der Waals surface area contributed by atoms with Crippen molar-refractivity contribution in [3.05, 3.63) is 12.2 Å². The van der Waals surface area contributed by atoms with E-state index in [4.69, 9.17) is 20.1 Å². The van der Waals surface area contributed by atoms with Crippen molar-refractivity contribution < 1.29 is 48.0 Å². The van der Waals surface area contributed by atoms with Crippen LogP contribution in [0.4, 0.5) is 13.2 Å². The predicted molar refractivity (Wildman–Crippen MR) is 90.3 cm³/mol. The summed E-state index contributed by atoms with van der Waals surface area (Å²) in [7, 11) is 0. The summed E-state index contributed by atoms with van der Waals surface area (Å²) >= 11 is 0. The quantitative estimate of drug-likeness (QED) is 0.315. The highest BCUT2D eigenvalue weighted by atomic mass is 19.4. The summed E-state index contributed by atoms with van der Waals surface area (Å²) in [4.78, 5) is 31.4. The van der Waals surface area contributed by atoms with Crippen molar-refractivity contribution in [1.29, 1.82) is 0 Å². The molecule has 1 rings (SSSR count). The molecule has 6 N–H and O–H groups in total. The number of aliphatic hydroxyl groups excluding tert-OH is 2. The molecule has 1 heterocycles. The lowest BCUT2D eigenvalue weighted by Gasteiger charge is -2.29. The van der Waals surface area contributed by atoms with Gasteiger partial charge >= 0.3 is 18.1 Å². The van der Waals surface area contributed by atoms with Gasteiger partial charge in [-0.15, -0.1) is 0 Å². The Morgan fingerprint density at radius 3 is 2.18 bits per heavy atom. The average Bonchev–Trinajstić information content (AvgIpc) is 2.98. The number of alkyl halides is 3. The molecule has 0 spiro atoms. The Labute approximate surface area is 159 Å².